The largest absolute Gasteiger partial charge is 0.463 e. The topological polar surface area (TPSA) is 136 Å². The van der Waals surface area contributed by atoms with Gasteiger partial charge in [-0.2, -0.15) is 0 Å². The lowest BCUT2D eigenvalue weighted by Gasteiger charge is -2.55. The van der Waals surface area contributed by atoms with Gasteiger partial charge in [-0.3, -0.25) is 14.4 Å². The second-order valence-corrected chi connectivity index (χ2v) is 8.14. The number of allylic oxidation sites excluding steroid dienone is 1. The van der Waals surface area contributed by atoms with Crippen molar-refractivity contribution in [3.05, 3.63) is 35.5 Å². The molecule has 1 saturated heterocycles. The fourth-order valence-electron chi connectivity index (χ4n) is 2.92. The Morgan fingerprint density at radius 2 is 2.34 bits per heavy atom. The molecule has 29 heavy (non-hydrogen) atoms. The number of carbonyl (C=O) groups is 3. The van der Waals surface area contributed by atoms with Gasteiger partial charge in [0.05, 0.1) is 0 Å². The van der Waals surface area contributed by atoms with E-state index < -0.39 is 28.7 Å². The van der Waals surface area contributed by atoms with Gasteiger partial charge in [-0.25, -0.2) is 4.98 Å². The van der Waals surface area contributed by atoms with Gasteiger partial charge in [0.25, 0.3) is 11.8 Å². The van der Waals surface area contributed by atoms with Gasteiger partial charge in [-0.05, 0) is 5.57 Å². The quantitative estimate of drug-likeness (QED) is 0.272. The number of oxime groups is 1. The van der Waals surface area contributed by atoms with Crippen LogP contribution in [-0.2, 0) is 24.0 Å². The number of fused-ring (bicyclic) bond motifs is 1. The van der Waals surface area contributed by atoms with Crippen LogP contribution in [0.2, 0.25) is 0 Å². The molecule has 0 radical (unpaired) electrons. The highest BCUT2D eigenvalue weighted by Gasteiger charge is 2.63. The SMILES string of the molecule is C=CC1=CN2C(=O)C(COC(C)=O)(NC(=O)C(=NOC)c3csc(N)n3)[C@@H]2SC1. The van der Waals surface area contributed by atoms with Gasteiger partial charge in [-0.1, -0.05) is 17.8 Å². The Morgan fingerprint density at radius 3 is 2.93 bits per heavy atom. The first-order valence-electron chi connectivity index (χ1n) is 8.38. The number of esters is 1. The van der Waals surface area contributed by atoms with E-state index in [9.17, 15) is 14.4 Å². The molecule has 2 aliphatic heterocycles. The summed E-state index contributed by atoms with van der Waals surface area (Å²) in [6.45, 7) is 4.64. The van der Waals surface area contributed by atoms with Crippen LogP contribution in [0.25, 0.3) is 0 Å². The monoisotopic (exact) mass is 437 g/mol. The summed E-state index contributed by atoms with van der Waals surface area (Å²) < 4.78 is 5.11. The Morgan fingerprint density at radius 1 is 1.59 bits per heavy atom. The lowest BCUT2D eigenvalue weighted by molar-refractivity contribution is -0.163. The molecule has 1 fully saturated rings. The third-order valence-electron chi connectivity index (χ3n) is 4.27. The first-order chi connectivity index (χ1) is 13.8. The van der Waals surface area contributed by atoms with E-state index in [4.69, 9.17) is 15.3 Å². The average molecular weight is 438 g/mol. The Balaban J connectivity index is 1.90. The first kappa shape index (κ1) is 20.9. The number of ether oxygens (including phenoxy) is 1. The Bertz CT molecular complexity index is 927. The highest BCUT2D eigenvalue weighted by Crippen LogP contribution is 2.43. The zero-order valence-corrected chi connectivity index (χ0v) is 17.3. The molecule has 2 atom stereocenters. The van der Waals surface area contributed by atoms with Crippen molar-refractivity contribution in [1.82, 2.24) is 15.2 Å². The number of nitrogen functional groups attached to an aromatic ring is 1. The fraction of sp³-hybridized carbons (Fsp3) is 0.353. The molecule has 3 heterocycles. The lowest BCUT2D eigenvalue weighted by atomic mass is 9.88. The summed E-state index contributed by atoms with van der Waals surface area (Å²) in [5.74, 6) is -1.07. The number of rotatable bonds is 7. The summed E-state index contributed by atoms with van der Waals surface area (Å²) in [4.78, 5) is 47.6. The smallest absolute Gasteiger partial charge is 0.302 e. The molecular formula is C17H19N5O5S2. The Labute approximate surface area is 174 Å². The number of amides is 2. The van der Waals surface area contributed by atoms with Crippen molar-refractivity contribution in [3.8, 4) is 0 Å². The minimum Gasteiger partial charge on any atom is -0.463 e. The van der Waals surface area contributed by atoms with E-state index >= 15 is 0 Å². The van der Waals surface area contributed by atoms with Crippen LogP contribution >= 0.6 is 23.1 Å². The normalized spacial score (nSPS) is 23.4. The van der Waals surface area contributed by atoms with Gasteiger partial charge in [0.15, 0.2) is 16.4 Å². The fourth-order valence-corrected chi connectivity index (χ4v) is 4.84. The second-order valence-electron chi connectivity index (χ2n) is 6.18. The predicted octanol–water partition coefficient (Wildman–Crippen LogP) is 0.479. The van der Waals surface area contributed by atoms with Gasteiger partial charge in [-0.15, -0.1) is 23.1 Å². The van der Waals surface area contributed by atoms with Crippen LogP contribution in [-0.4, -0.2) is 63.8 Å². The number of anilines is 1. The molecule has 12 heteroatoms. The molecule has 2 aliphatic rings. The van der Waals surface area contributed by atoms with Gasteiger partial charge in [0.1, 0.15) is 24.8 Å². The number of thioether (sulfide) groups is 1. The molecule has 0 bridgehead atoms. The van der Waals surface area contributed by atoms with Crippen LogP contribution in [0.5, 0.6) is 0 Å². The third kappa shape index (κ3) is 3.85. The number of hydrogen-bond acceptors (Lipinski definition) is 10. The lowest BCUT2D eigenvalue weighted by Crippen LogP contribution is -2.80. The number of nitrogens with two attached hydrogens (primary N) is 1. The maximum Gasteiger partial charge on any atom is 0.302 e. The minimum absolute atomic E-state index is 0.142. The maximum absolute atomic E-state index is 13.0. The zero-order valence-electron chi connectivity index (χ0n) is 15.7. The number of nitrogens with zero attached hydrogens (tertiary/aromatic N) is 3. The van der Waals surface area contributed by atoms with Gasteiger partial charge >= 0.3 is 5.97 Å². The minimum atomic E-state index is -1.44. The Kier molecular flexibility index (Phi) is 5.94. The summed E-state index contributed by atoms with van der Waals surface area (Å²) in [5, 5.41) is 7.77. The molecular weight excluding hydrogens is 418 g/mol. The van der Waals surface area contributed by atoms with Crippen molar-refractivity contribution < 1.29 is 24.0 Å². The average Bonchev–Trinajstić information content (AvgIpc) is 3.13. The predicted molar refractivity (Wildman–Crippen MR) is 109 cm³/mol. The number of aromatic nitrogens is 1. The molecule has 0 saturated carbocycles. The van der Waals surface area contributed by atoms with Gasteiger partial charge in [0, 0.05) is 24.3 Å². The van der Waals surface area contributed by atoms with Crippen LogP contribution in [0, 0.1) is 0 Å². The van der Waals surface area contributed by atoms with E-state index in [1.807, 2.05) is 0 Å². The zero-order chi connectivity index (χ0) is 21.2. The summed E-state index contributed by atoms with van der Waals surface area (Å²) in [7, 11) is 1.28. The highest BCUT2D eigenvalue weighted by atomic mass is 32.2. The van der Waals surface area contributed by atoms with E-state index in [1.165, 1.54) is 30.7 Å². The van der Waals surface area contributed by atoms with Crippen LogP contribution in [0.3, 0.4) is 0 Å². The maximum atomic E-state index is 13.0. The number of nitrogens with one attached hydrogen (secondary N) is 1. The molecule has 154 valence electrons. The van der Waals surface area contributed by atoms with Crippen molar-refractivity contribution >= 4 is 51.7 Å². The number of hydrogen-bond donors (Lipinski definition) is 2. The molecule has 3 N–H and O–H groups in total. The van der Waals surface area contributed by atoms with E-state index in [2.05, 4.69) is 22.0 Å². The molecule has 10 nitrogen and oxygen atoms in total. The van der Waals surface area contributed by atoms with E-state index in [0.717, 1.165) is 16.9 Å². The van der Waals surface area contributed by atoms with E-state index in [0.29, 0.717) is 5.75 Å². The van der Waals surface area contributed by atoms with Crippen LogP contribution in [0.4, 0.5) is 5.13 Å². The van der Waals surface area contributed by atoms with Crippen LogP contribution in [0.1, 0.15) is 12.6 Å². The van der Waals surface area contributed by atoms with Crippen molar-refractivity contribution in [2.24, 2.45) is 5.16 Å². The molecule has 3 rings (SSSR count). The second kappa shape index (κ2) is 8.25. The molecule has 0 spiro atoms. The summed E-state index contributed by atoms with van der Waals surface area (Å²) >= 11 is 2.56. The van der Waals surface area contributed by atoms with E-state index in [1.54, 1.807) is 17.7 Å². The number of β-lactam (4-membered cyclic amide) rings is 1. The Hall–Kier alpha value is -2.86. The van der Waals surface area contributed by atoms with Crippen molar-refractivity contribution in [2.75, 3.05) is 25.2 Å². The highest BCUT2D eigenvalue weighted by molar-refractivity contribution is 8.00. The van der Waals surface area contributed by atoms with E-state index in [-0.39, 0.29) is 23.1 Å². The van der Waals surface area contributed by atoms with Crippen LogP contribution in [0.15, 0.2) is 35.0 Å². The van der Waals surface area contributed by atoms with Crippen molar-refractivity contribution in [1.29, 1.82) is 0 Å². The van der Waals surface area contributed by atoms with Crippen molar-refractivity contribution in [2.45, 2.75) is 17.8 Å². The molecule has 0 aliphatic carbocycles. The summed E-state index contributed by atoms with van der Waals surface area (Å²) in [5.41, 5.74) is 5.15. The molecule has 2 amide bonds. The first-order valence-corrected chi connectivity index (χ1v) is 10.3. The number of carbonyl (C=O) groups excluding carboxylic acids is 3. The van der Waals surface area contributed by atoms with Crippen LogP contribution < -0.4 is 11.1 Å². The van der Waals surface area contributed by atoms with Gasteiger partial charge in [0.2, 0.25) is 0 Å². The van der Waals surface area contributed by atoms with Gasteiger partial charge < -0.3 is 25.5 Å². The molecule has 0 aromatic carbocycles. The third-order valence-corrected chi connectivity index (χ3v) is 6.39. The number of thiazole rings is 1. The molecule has 1 aromatic heterocycles. The summed E-state index contributed by atoms with van der Waals surface area (Å²) in [6, 6.07) is 0. The van der Waals surface area contributed by atoms with Crippen molar-refractivity contribution in [3.63, 3.8) is 0 Å². The standard InChI is InChI=1S/C17H19N5O5S2/c1-4-10-5-22-14(25)17(8-27-9(2)23,15(22)28-6-10)20-13(24)12(21-26-3)11-7-29-16(18)19-11/h4-5,7,15H,1,6,8H2,2-3H3,(H2,18,19)(H,20,24)/t15-,17?/m0/s1. The summed E-state index contributed by atoms with van der Waals surface area (Å²) in [6.07, 6.45) is 3.34. The molecule has 1 aromatic rings. The molecule has 1 unspecified atom stereocenters.